The first kappa shape index (κ1) is 15.5. The third-order valence-electron chi connectivity index (χ3n) is 3.04. The maximum absolute atomic E-state index is 12.4. The largest absolute Gasteiger partial charge is 0.460 e. The molecule has 2 aromatic rings. The van der Waals surface area contributed by atoms with Crippen LogP contribution in [0.25, 0.3) is 11.0 Å². The summed E-state index contributed by atoms with van der Waals surface area (Å²) >= 11 is 0. The Bertz CT molecular complexity index is 628. The van der Waals surface area contributed by atoms with Gasteiger partial charge in [-0.3, -0.25) is 4.79 Å². The van der Waals surface area contributed by atoms with Gasteiger partial charge in [0, 0.05) is 11.0 Å². The zero-order valence-corrected chi connectivity index (χ0v) is 13.0. The summed E-state index contributed by atoms with van der Waals surface area (Å²) in [6.45, 7) is 14.0. The van der Waals surface area contributed by atoms with Gasteiger partial charge in [-0.25, -0.2) is 0 Å². The summed E-state index contributed by atoms with van der Waals surface area (Å²) in [6.07, 6.45) is 0. The Hall–Kier alpha value is -1.57. The van der Waals surface area contributed by atoms with E-state index in [1.54, 1.807) is 0 Å². The zero-order valence-electron chi connectivity index (χ0n) is 13.0. The van der Waals surface area contributed by atoms with E-state index in [0.29, 0.717) is 11.0 Å². The van der Waals surface area contributed by atoms with Crippen molar-refractivity contribution in [3.8, 4) is 0 Å². The molecule has 0 unspecified atom stereocenters. The van der Waals surface area contributed by atoms with Crippen molar-refractivity contribution in [2.45, 2.75) is 53.9 Å². The second-order valence-corrected chi connectivity index (χ2v) is 5.58. The quantitative estimate of drug-likeness (QED) is 0.685. The highest BCUT2D eigenvalue weighted by molar-refractivity contribution is 5.80. The van der Waals surface area contributed by atoms with E-state index < -0.39 is 0 Å². The number of hydrogen-bond donors (Lipinski definition) is 0. The van der Waals surface area contributed by atoms with Crippen LogP contribution in [0.1, 0.15) is 51.5 Å². The second-order valence-electron chi connectivity index (χ2n) is 5.58. The lowest BCUT2D eigenvalue weighted by molar-refractivity contribution is 0.416. The number of aryl methyl sites for hydroxylation is 1. The normalized spacial score (nSPS) is 11.1. The van der Waals surface area contributed by atoms with Gasteiger partial charge in [0.2, 0.25) is 0 Å². The van der Waals surface area contributed by atoms with Crippen LogP contribution in [-0.4, -0.2) is 0 Å². The minimum absolute atomic E-state index is 0.0919. The smallest absolute Gasteiger partial charge is 0.196 e. The molecular formula is C17H24O2. The molecule has 1 heterocycles. The first-order valence-corrected chi connectivity index (χ1v) is 6.86. The van der Waals surface area contributed by atoms with Crippen LogP contribution < -0.4 is 5.43 Å². The number of fused-ring (bicyclic) bond motifs is 1. The van der Waals surface area contributed by atoms with E-state index in [4.69, 9.17) is 4.42 Å². The Morgan fingerprint density at radius 2 is 1.63 bits per heavy atom. The van der Waals surface area contributed by atoms with Crippen molar-refractivity contribution in [3.05, 3.63) is 45.3 Å². The molecule has 0 aliphatic rings. The Kier molecular flexibility index (Phi) is 4.56. The molecule has 0 amide bonds. The fraction of sp³-hybridized carbons (Fsp3) is 0.471. The van der Waals surface area contributed by atoms with E-state index in [1.165, 1.54) is 0 Å². The predicted octanol–water partition coefficient (Wildman–Crippen LogP) is 4.73. The predicted molar refractivity (Wildman–Crippen MR) is 82.0 cm³/mol. The van der Waals surface area contributed by atoms with Crippen molar-refractivity contribution >= 4 is 11.0 Å². The van der Waals surface area contributed by atoms with Crippen LogP contribution in [0.15, 0.2) is 27.4 Å². The lowest BCUT2D eigenvalue weighted by Gasteiger charge is -2.20. The monoisotopic (exact) mass is 260 g/mol. The molecule has 19 heavy (non-hydrogen) atoms. The maximum atomic E-state index is 12.4. The molecule has 0 bridgehead atoms. The second kappa shape index (κ2) is 5.60. The van der Waals surface area contributed by atoms with Crippen LogP contribution in [-0.2, 0) is 5.41 Å². The Labute approximate surface area is 115 Å². The first-order valence-electron chi connectivity index (χ1n) is 6.86. The van der Waals surface area contributed by atoms with Crippen LogP contribution >= 0.6 is 0 Å². The molecule has 2 heteroatoms. The Morgan fingerprint density at radius 3 is 2.16 bits per heavy atom. The SMILES string of the molecule is CC.Cc1c(C(C)(C)C)oc2cccc(C)c2c1=O. The summed E-state index contributed by atoms with van der Waals surface area (Å²) in [5.41, 5.74) is 2.32. The van der Waals surface area contributed by atoms with Crippen molar-refractivity contribution < 1.29 is 4.42 Å². The molecule has 0 aliphatic carbocycles. The third kappa shape index (κ3) is 2.89. The molecule has 0 saturated carbocycles. The van der Waals surface area contributed by atoms with Gasteiger partial charge in [0.05, 0.1) is 5.39 Å². The molecule has 0 atom stereocenters. The van der Waals surface area contributed by atoms with Gasteiger partial charge in [0.15, 0.2) is 5.43 Å². The van der Waals surface area contributed by atoms with Crippen molar-refractivity contribution in [1.29, 1.82) is 0 Å². The van der Waals surface area contributed by atoms with Gasteiger partial charge in [-0.15, -0.1) is 0 Å². The summed E-state index contributed by atoms with van der Waals surface area (Å²) in [7, 11) is 0. The highest BCUT2D eigenvalue weighted by Crippen LogP contribution is 2.27. The molecule has 0 N–H and O–H groups in total. The standard InChI is InChI=1S/C15H18O2.C2H6/c1-9-7-6-8-11-12(9)13(16)10(2)14(17-11)15(3,4)5;1-2/h6-8H,1-5H3;1-2H3. The minimum atomic E-state index is -0.152. The van der Waals surface area contributed by atoms with Crippen molar-refractivity contribution in [2.75, 3.05) is 0 Å². The molecule has 0 fully saturated rings. The van der Waals surface area contributed by atoms with Crippen LogP contribution in [0, 0.1) is 13.8 Å². The molecule has 1 aromatic heterocycles. The molecule has 104 valence electrons. The van der Waals surface area contributed by atoms with E-state index in [-0.39, 0.29) is 10.8 Å². The zero-order chi connectivity index (χ0) is 14.8. The Balaban J connectivity index is 0.000000861. The summed E-state index contributed by atoms with van der Waals surface area (Å²) in [5, 5.41) is 0.706. The fourth-order valence-electron chi connectivity index (χ4n) is 2.21. The van der Waals surface area contributed by atoms with Gasteiger partial charge < -0.3 is 4.42 Å². The van der Waals surface area contributed by atoms with Gasteiger partial charge >= 0.3 is 0 Å². The minimum Gasteiger partial charge on any atom is -0.460 e. The molecule has 2 rings (SSSR count). The lowest BCUT2D eigenvalue weighted by Crippen LogP contribution is -2.19. The highest BCUT2D eigenvalue weighted by Gasteiger charge is 2.22. The van der Waals surface area contributed by atoms with E-state index in [2.05, 4.69) is 20.8 Å². The summed E-state index contributed by atoms with van der Waals surface area (Å²) < 4.78 is 5.92. The molecule has 0 saturated heterocycles. The molecule has 0 radical (unpaired) electrons. The van der Waals surface area contributed by atoms with Gasteiger partial charge in [-0.05, 0) is 25.5 Å². The fourth-order valence-corrected chi connectivity index (χ4v) is 2.21. The highest BCUT2D eigenvalue weighted by atomic mass is 16.3. The van der Waals surface area contributed by atoms with Gasteiger partial charge in [0.1, 0.15) is 11.3 Å². The molecular weight excluding hydrogens is 236 g/mol. The summed E-state index contributed by atoms with van der Waals surface area (Å²) in [6, 6.07) is 5.72. The summed E-state index contributed by atoms with van der Waals surface area (Å²) in [5.74, 6) is 0.778. The van der Waals surface area contributed by atoms with Gasteiger partial charge in [0.25, 0.3) is 0 Å². The molecule has 0 aliphatic heterocycles. The van der Waals surface area contributed by atoms with Crippen LogP contribution in [0.4, 0.5) is 0 Å². The van der Waals surface area contributed by atoms with Gasteiger partial charge in [-0.1, -0.05) is 46.8 Å². The molecule has 0 spiro atoms. The van der Waals surface area contributed by atoms with Crippen LogP contribution in [0.5, 0.6) is 0 Å². The molecule has 1 aromatic carbocycles. The van der Waals surface area contributed by atoms with E-state index in [1.807, 2.05) is 45.9 Å². The summed E-state index contributed by atoms with van der Waals surface area (Å²) in [4.78, 5) is 12.4. The maximum Gasteiger partial charge on any atom is 0.196 e. The lowest BCUT2D eigenvalue weighted by atomic mass is 9.89. The number of hydrogen-bond acceptors (Lipinski definition) is 2. The third-order valence-corrected chi connectivity index (χ3v) is 3.04. The van der Waals surface area contributed by atoms with Crippen LogP contribution in [0.2, 0.25) is 0 Å². The van der Waals surface area contributed by atoms with Crippen molar-refractivity contribution in [3.63, 3.8) is 0 Å². The first-order chi connectivity index (χ1) is 8.82. The van der Waals surface area contributed by atoms with Crippen molar-refractivity contribution in [2.24, 2.45) is 0 Å². The Morgan fingerprint density at radius 1 is 1.05 bits per heavy atom. The average Bonchev–Trinajstić information content (AvgIpc) is 2.34. The topological polar surface area (TPSA) is 30.2 Å². The number of rotatable bonds is 0. The molecule has 2 nitrogen and oxygen atoms in total. The number of benzene rings is 1. The van der Waals surface area contributed by atoms with Gasteiger partial charge in [-0.2, -0.15) is 0 Å². The average molecular weight is 260 g/mol. The van der Waals surface area contributed by atoms with E-state index in [9.17, 15) is 4.79 Å². The van der Waals surface area contributed by atoms with E-state index in [0.717, 1.165) is 16.9 Å². The van der Waals surface area contributed by atoms with E-state index >= 15 is 0 Å². The van der Waals surface area contributed by atoms with Crippen molar-refractivity contribution in [1.82, 2.24) is 0 Å². The van der Waals surface area contributed by atoms with Crippen LogP contribution in [0.3, 0.4) is 0 Å².